The molecule has 3 amide bonds. The van der Waals surface area contributed by atoms with Gasteiger partial charge in [-0.1, -0.05) is 18.2 Å². The van der Waals surface area contributed by atoms with E-state index in [2.05, 4.69) is 26.8 Å². The SMILES string of the molecule is C=CC(=O)N1CCN(C(=O)C(F)(F)F)[C@@H](c2cc(Cl)nc(-c3cc(C(=O)NCC)ncn3)c2)C1. The summed E-state index contributed by atoms with van der Waals surface area (Å²) in [6, 6.07) is 2.94. The Balaban J connectivity index is 2.04. The molecule has 1 saturated heterocycles. The van der Waals surface area contributed by atoms with Crippen molar-refractivity contribution in [3.8, 4) is 11.4 Å². The zero-order chi connectivity index (χ0) is 25.0. The molecule has 1 N–H and O–H groups in total. The van der Waals surface area contributed by atoms with Crippen LogP contribution in [0.25, 0.3) is 11.4 Å². The van der Waals surface area contributed by atoms with Gasteiger partial charge in [0.2, 0.25) is 5.91 Å². The summed E-state index contributed by atoms with van der Waals surface area (Å²) in [5.41, 5.74) is 0.627. The number of hydrogen-bond acceptors (Lipinski definition) is 6. The molecule has 0 aromatic carbocycles. The molecule has 2 aromatic heterocycles. The van der Waals surface area contributed by atoms with Crippen LogP contribution in [0.15, 0.2) is 37.2 Å². The van der Waals surface area contributed by atoms with Gasteiger partial charge in [-0.15, -0.1) is 0 Å². The molecule has 0 aliphatic carbocycles. The highest BCUT2D eigenvalue weighted by atomic mass is 35.5. The summed E-state index contributed by atoms with van der Waals surface area (Å²) in [7, 11) is 0. The van der Waals surface area contributed by atoms with Crippen molar-refractivity contribution in [3.05, 3.63) is 53.6 Å². The van der Waals surface area contributed by atoms with Gasteiger partial charge in [0.15, 0.2) is 0 Å². The normalized spacial score (nSPS) is 16.2. The van der Waals surface area contributed by atoms with E-state index >= 15 is 0 Å². The molecule has 0 unspecified atom stereocenters. The Kier molecular flexibility index (Phi) is 7.50. The molecular formula is C21H20ClF3N6O3. The fourth-order valence-electron chi connectivity index (χ4n) is 3.52. The Hall–Kier alpha value is -3.54. The first-order chi connectivity index (χ1) is 16.0. The number of hydrogen-bond donors (Lipinski definition) is 1. The van der Waals surface area contributed by atoms with Crippen LogP contribution in [-0.4, -0.2) is 74.8 Å². The van der Waals surface area contributed by atoms with E-state index < -0.39 is 29.9 Å². The number of piperazine rings is 1. The predicted octanol–water partition coefficient (Wildman–Crippen LogP) is 2.40. The molecule has 13 heteroatoms. The molecule has 1 aliphatic rings. The molecule has 3 heterocycles. The van der Waals surface area contributed by atoms with Crippen molar-refractivity contribution < 1.29 is 27.6 Å². The Bertz CT molecular complexity index is 1130. The number of pyridine rings is 1. The number of alkyl halides is 3. The lowest BCUT2D eigenvalue weighted by molar-refractivity contribution is -0.190. The summed E-state index contributed by atoms with van der Waals surface area (Å²) >= 11 is 6.16. The third-order valence-electron chi connectivity index (χ3n) is 5.07. The van der Waals surface area contributed by atoms with Gasteiger partial charge >= 0.3 is 12.1 Å². The van der Waals surface area contributed by atoms with Gasteiger partial charge in [0.05, 0.1) is 17.4 Å². The smallest absolute Gasteiger partial charge is 0.351 e. The Morgan fingerprint density at radius 3 is 2.59 bits per heavy atom. The minimum Gasteiger partial charge on any atom is -0.351 e. The monoisotopic (exact) mass is 496 g/mol. The van der Waals surface area contributed by atoms with Crippen LogP contribution in [0.2, 0.25) is 5.15 Å². The zero-order valence-electron chi connectivity index (χ0n) is 18.0. The van der Waals surface area contributed by atoms with Gasteiger partial charge in [-0.25, -0.2) is 15.0 Å². The standard InChI is InChI=1S/C21H20ClF3N6O3/c1-3-18(32)30-5-6-31(20(34)21(23,24)25)16(10-30)12-7-14(29-17(22)8-12)13-9-15(28-11-27-13)19(33)26-4-2/h3,7-9,11,16H,1,4-6,10H2,2H3,(H,26,33)/t16-/m1/s1. The second kappa shape index (κ2) is 10.2. The lowest BCUT2D eigenvalue weighted by Gasteiger charge is -2.41. The van der Waals surface area contributed by atoms with Gasteiger partial charge in [0.25, 0.3) is 5.91 Å². The molecule has 0 saturated carbocycles. The number of aromatic nitrogens is 3. The highest BCUT2D eigenvalue weighted by Gasteiger charge is 2.46. The fraction of sp³-hybridized carbons (Fsp3) is 0.333. The van der Waals surface area contributed by atoms with Gasteiger partial charge in [-0.3, -0.25) is 14.4 Å². The number of nitrogens with zero attached hydrogens (tertiary/aromatic N) is 5. The van der Waals surface area contributed by atoms with E-state index in [1.165, 1.54) is 23.1 Å². The van der Waals surface area contributed by atoms with Crippen LogP contribution in [0.5, 0.6) is 0 Å². The first-order valence-electron chi connectivity index (χ1n) is 10.1. The van der Waals surface area contributed by atoms with Crippen molar-refractivity contribution in [2.24, 2.45) is 0 Å². The molecule has 180 valence electrons. The third-order valence-corrected chi connectivity index (χ3v) is 5.26. The van der Waals surface area contributed by atoms with Crippen molar-refractivity contribution in [1.82, 2.24) is 30.1 Å². The average molecular weight is 497 g/mol. The van der Waals surface area contributed by atoms with E-state index in [1.54, 1.807) is 6.92 Å². The van der Waals surface area contributed by atoms with Gasteiger partial charge in [-0.2, -0.15) is 13.2 Å². The Labute approximate surface area is 197 Å². The van der Waals surface area contributed by atoms with E-state index in [0.29, 0.717) is 11.4 Å². The molecule has 1 atom stereocenters. The molecular weight excluding hydrogens is 477 g/mol. The highest BCUT2D eigenvalue weighted by molar-refractivity contribution is 6.29. The number of carbonyl (C=O) groups is 3. The zero-order valence-corrected chi connectivity index (χ0v) is 18.7. The van der Waals surface area contributed by atoms with Crippen molar-refractivity contribution in [1.29, 1.82) is 0 Å². The average Bonchev–Trinajstić information content (AvgIpc) is 2.82. The molecule has 34 heavy (non-hydrogen) atoms. The maximum Gasteiger partial charge on any atom is 0.471 e. The van der Waals surface area contributed by atoms with Crippen molar-refractivity contribution in [2.75, 3.05) is 26.2 Å². The minimum atomic E-state index is -5.10. The van der Waals surface area contributed by atoms with Crippen molar-refractivity contribution in [2.45, 2.75) is 19.1 Å². The quantitative estimate of drug-likeness (QED) is 0.503. The molecule has 3 rings (SSSR count). The molecule has 0 bridgehead atoms. The Morgan fingerprint density at radius 2 is 1.94 bits per heavy atom. The summed E-state index contributed by atoms with van der Waals surface area (Å²) in [6.07, 6.45) is -2.91. The first-order valence-corrected chi connectivity index (χ1v) is 10.5. The van der Waals surface area contributed by atoms with E-state index in [-0.39, 0.29) is 47.4 Å². The van der Waals surface area contributed by atoms with Gasteiger partial charge in [0.1, 0.15) is 17.2 Å². The summed E-state index contributed by atoms with van der Waals surface area (Å²) < 4.78 is 39.8. The number of carbonyl (C=O) groups excluding carboxylic acids is 3. The summed E-state index contributed by atoms with van der Waals surface area (Å²) in [5.74, 6) is -2.95. The molecule has 0 radical (unpaired) electrons. The van der Waals surface area contributed by atoms with Crippen LogP contribution in [0.4, 0.5) is 13.2 Å². The maximum atomic E-state index is 13.3. The minimum absolute atomic E-state index is 0.0597. The summed E-state index contributed by atoms with van der Waals surface area (Å²) in [6.45, 7) is 4.88. The van der Waals surface area contributed by atoms with Crippen LogP contribution in [0.3, 0.4) is 0 Å². The van der Waals surface area contributed by atoms with Gasteiger partial charge in [0, 0.05) is 26.2 Å². The second-order valence-electron chi connectivity index (χ2n) is 7.26. The van der Waals surface area contributed by atoms with E-state index in [4.69, 9.17) is 11.6 Å². The van der Waals surface area contributed by atoms with E-state index in [0.717, 1.165) is 12.4 Å². The molecule has 0 spiro atoms. The second-order valence-corrected chi connectivity index (χ2v) is 7.64. The van der Waals surface area contributed by atoms with Gasteiger partial charge < -0.3 is 15.1 Å². The predicted molar refractivity (Wildman–Crippen MR) is 116 cm³/mol. The van der Waals surface area contributed by atoms with Crippen LogP contribution in [0.1, 0.15) is 29.0 Å². The fourth-order valence-corrected chi connectivity index (χ4v) is 3.73. The van der Waals surface area contributed by atoms with Crippen LogP contribution in [0, 0.1) is 0 Å². The van der Waals surface area contributed by atoms with Crippen LogP contribution in [-0.2, 0) is 9.59 Å². The van der Waals surface area contributed by atoms with Gasteiger partial charge in [-0.05, 0) is 36.8 Å². The Morgan fingerprint density at radius 1 is 1.21 bits per heavy atom. The number of nitrogens with one attached hydrogen (secondary N) is 1. The van der Waals surface area contributed by atoms with Crippen LogP contribution >= 0.6 is 11.6 Å². The van der Waals surface area contributed by atoms with E-state index in [1.807, 2.05) is 0 Å². The largest absolute Gasteiger partial charge is 0.471 e. The highest BCUT2D eigenvalue weighted by Crippen LogP contribution is 2.33. The first kappa shape index (κ1) is 25.1. The molecule has 1 aliphatic heterocycles. The molecule has 1 fully saturated rings. The topological polar surface area (TPSA) is 108 Å². The molecule has 2 aromatic rings. The van der Waals surface area contributed by atoms with Crippen molar-refractivity contribution in [3.63, 3.8) is 0 Å². The number of rotatable bonds is 5. The summed E-state index contributed by atoms with van der Waals surface area (Å²) in [5, 5.41) is 2.52. The lowest BCUT2D eigenvalue weighted by Crippen LogP contribution is -2.55. The number of amides is 3. The van der Waals surface area contributed by atoms with Crippen molar-refractivity contribution >= 4 is 29.3 Å². The lowest BCUT2D eigenvalue weighted by atomic mass is 10.0. The van der Waals surface area contributed by atoms with Crippen LogP contribution < -0.4 is 5.32 Å². The van der Waals surface area contributed by atoms with E-state index in [9.17, 15) is 27.6 Å². The molecule has 9 nitrogen and oxygen atoms in total. The maximum absolute atomic E-state index is 13.3. The summed E-state index contributed by atoms with van der Waals surface area (Å²) in [4.78, 5) is 50.4. The number of halogens is 4. The third kappa shape index (κ3) is 5.50.